The van der Waals surface area contributed by atoms with Crippen LogP contribution in [0, 0.1) is 0 Å². The van der Waals surface area contributed by atoms with Gasteiger partial charge in [0, 0.05) is 43.7 Å². The fourth-order valence-corrected chi connectivity index (χ4v) is 12.2. The minimum Gasteiger partial charge on any atom is -0.309 e. The van der Waals surface area contributed by atoms with Crippen molar-refractivity contribution >= 4 is 43.6 Å². The lowest BCUT2D eigenvalue weighted by Crippen LogP contribution is -2.15. The lowest BCUT2D eigenvalue weighted by molar-refractivity contribution is 0.661. The van der Waals surface area contributed by atoms with Crippen molar-refractivity contribution in [3.8, 4) is 67.0 Å². The fourth-order valence-electron chi connectivity index (χ4n) is 12.2. The second-order valence-electron chi connectivity index (χ2n) is 20.1. The summed E-state index contributed by atoms with van der Waals surface area (Å²) in [5.41, 5.74) is 25.2. The van der Waals surface area contributed by atoms with Crippen molar-refractivity contribution in [3.05, 3.63) is 241 Å². The van der Waals surface area contributed by atoms with Crippen molar-refractivity contribution in [2.45, 2.75) is 38.5 Å². The molecule has 0 fully saturated rings. The van der Waals surface area contributed by atoms with Crippen LogP contribution in [0.3, 0.4) is 0 Å². The number of fused-ring (bicyclic) bond motifs is 12. The van der Waals surface area contributed by atoms with Gasteiger partial charge in [0.25, 0.3) is 0 Å². The van der Waals surface area contributed by atoms with Crippen LogP contribution in [0.5, 0.6) is 0 Å². The molecule has 2 aliphatic carbocycles. The molecule has 68 heavy (non-hydrogen) atoms. The monoisotopic (exact) mass is 868 g/mol. The van der Waals surface area contributed by atoms with Crippen molar-refractivity contribution in [1.82, 2.24) is 9.13 Å². The summed E-state index contributed by atoms with van der Waals surface area (Å²) < 4.78 is 4.95. The van der Waals surface area contributed by atoms with Crippen LogP contribution in [-0.2, 0) is 10.8 Å². The number of hydrogen-bond acceptors (Lipinski definition) is 0. The summed E-state index contributed by atoms with van der Waals surface area (Å²) in [6.45, 7) is 9.58. The lowest BCUT2D eigenvalue weighted by Gasteiger charge is -2.22. The van der Waals surface area contributed by atoms with Gasteiger partial charge in [0.15, 0.2) is 0 Å². The van der Waals surface area contributed by atoms with E-state index in [4.69, 9.17) is 0 Å². The predicted molar refractivity (Wildman–Crippen MR) is 287 cm³/mol. The van der Waals surface area contributed by atoms with Crippen LogP contribution >= 0.6 is 0 Å². The number of nitrogens with zero attached hydrogens (tertiary/aromatic N) is 2. The van der Waals surface area contributed by atoms with Gasteiger partial charge in [-0.2, -0.15) is 0 Å². The molecule has 2 aromatic heterocycles. The van der Waals surface area contributed by atoms with Gasteiger partial charge in [-0.15, -0.1) is 0 Å². The molecule has 0 radical (unpaired) electrons. The van der Waals surface area contributed by atoms with Crippen LogP contribution in [0.4, 0.5) is 0 Å². The molecule has 2 aliphatic rings. The number of benzene rings is 10. The predicted octanol–water partition coefficient (Wildman–Crippen LogP) is 17.5. The van der Waals surface area contributed by atoms with Gasteiger partial charge in [-0.3, -0.25) is 0 Å². The third kappa shape index (κ3) is 5.52. The van der Waals surface area contributed by atoms with Gasteiger partial charge in [-0.1, -0.05) is 161 Å². The average molecular weight is 869 g/mol. The van der Waals surface area contributed by atoms with Crippen LogP contribution in [0.1, 0.15) is 49.9 Å². The second kappa shape index (κ2) is 14.2. The number of aromatic nitrogens is 2. The van der Waals surface area contributed by atoms with Crippen molar-refractivity contribution in [1.29, 1.82) is 0 Å². The molecule has 0 N–H and O–H groups in total. The maximum absolute atomic E-state index is 2.49. The van der Waals surface area contributed by atoms with E-state index in [1.807, 2.05) is 0 Å². The first-order valence-corrected chi connectivity index (χ1v) is 24.0. The first-order valence-electron chi connectivity index (χ1n) is 24.0. The Kier molecular flexibility index (Phi) is 8.12. The maximum Gasteiger partial charge on any atom is 0.0544 e. The van der Waals surface area contributed by atoms with Crippen molar-refractivity contribution < 1.29 is 0 Å². The third-order valence-electron chi connectivity index (χ3n) is 15.7. The van der Waals surface area contributed by atoms with E-state index in [1.165, 1.54) is 133 Å². The van der Waals surface area contributed by atoms with Crippen molar-refractivity contribution in [3.63, 3.8) is 0 Å². The Balaban J connectivity index is 0.966. The maximum atomic E-state index is 2.49. The Morgan fingerprint density at radius 1 is 0.250 bits per heavy atom. The smallest absolute Gasteiger partial charge is 0.0544 e. The molecule has 322 valence electrons. The number of rotatable bonds is 5. The normalized spacial score (nSPS) is 14.1. The quantitative estimate of drug-likeness (QED) is 0.163. The lowest BCUT2D eigenvalue weighted by atomic mass is 9.81. The Hall–Kier alpha value is -8.20. The van der Waals surface area contributed by atoms with Crippen molar-refractivity contribution in [2.75, 3.05) is 0 Å². The molecule has 0 bridgehead atoms. The molecule has 0 saturated heterocycles. The van der Waals surface area contributed by atoms with Gasteiger partial charge >= 0.3 is 0 Å². The summed E-state index contributed by atoms with van der Waals surface area (Å²) in [7, 11) is 0. The summed E-state index contributed by atoms with van der Waals surface area (Å²) in [5.74, 6) is 0. The summed E-state index contributed by atoms with van der Waals surface area (Å²) in [6, 6.07) is 81.7. The number of para-hydroxylation sites is 2. The van der Waals surface area contributed by atoms with E-state index in [-0.39, 0.29) is 10.8 Å². The molecule has 0 spiro atoms. The Bertz CT molecular complexity index is 3770. The van der Waals surface area contributed by atoms with Crippen LogP contribution in [0.2, 0.25) is 0 Å². The zero-order chi connectivity index (χ0) is 45.5. The van der Waals surface area contributed by atoms with E-state index >= 15 is 0 Å². The fraction of sp³-hybridized carbons (Fsp3) is 0.0909. The topological polar surface area (TPSA) is 9.86 Å². The largest absolute Gasteiger partial charge is 0.309 e. The molecule has 12 aromatic rings. The summed E-state index contributed by atoms with van der Waals surface area (Å²) in [4.78, 5) is 0. The highest BCUT2D eigenvalue weighted by Gasteiger charge is 2.38. The average Bonchev–Trinajstić information content (AvgIpc) is 4.03. The van der Waals surface area contributed by atoms with Crippen LogP contribution in [0.15, 0.2) is 218 Å². The molecule has 2 nitrogen and oxygen atoms in total. The van der Waals surface area contributed by atoms with Gasteiger partial charge in [0.1, 0.15) is 0 Å². The third-order valence-corrected chi connectivity index (χ3v) is 15.7. The Morgan fingerprint density at radius 3 is 0.971 bits per heavy atom. The van der Waals surface area contributed by atoms with Gasteiger partial charge in [-0.05, 0) is 163 Å². The van der Waals surface area contributed by atoms with Crippen LogP contribution in [-0.4, -0.2) is 9.13 Å². The van der Waals surface area contributed by atoms with Crippen LogP contribution < -0.4 is 0 Å². The first kappa shape index (κ1) is 39.0. The summed E-state index contributed by atoms with van der Waals surface area (Å²) in [6.07, 6.45) is 0. The molecule has 2 heteroatoms. The Labute approximate surface area is 397 Å². The van der Waals surface area contributed by atoms with Gasteiger partial charge in [0.2, 0.25) is 0 Å². The van der Waals surface area contributed by atoms with Crippen LogP contribution in [0.25, 0.3) is 111 Å². The zero-order valence-electron chi connectivity index (χ0n) is 38.7. The van der Waals surface area contributed by atoms with E-state index in [1.54, 1.807) is 0 Å². The van der Waals surface area contributed by atoms with E-state index in [0.717, 1.165) is 0 Å². The molecule has 0 amide bonds. The molecule has 2 heterocycles. The zero-order valence-corrected chi connectivity index (χ0v) is 38.7. The summed E-state index contributed by atoms with van der Waals surface area (Å²) in [5, 5.41) is 5.06. The minimum absolute atomic E-state index is 0.163. The highest BCUT2D eigenvalue weighted by Crippen LogP contribution is 2.54. The molecule has 14 rings (SSSR count). The van der Waals surface area contributed by atoms with Crippen molar-refractivity contribution in [2.24, 2.45) is 0 Å². The molecule has 10 aromatic carbocycles. The Morgan fingerprint density at radius 2 is 0.574 bits per heavy atom. The first-order chi connectivity index (χ1) is 33.2. The standard InChI is InChI=1S/C66H48N2/c1-65(2)57-35-45(41-17-9-5-10-18-41)25-29-49(57)51-37-55-53-33-43(27-31-61(53)67(63(55)39-59(51)65)47-21-13-7-14-22-47)44-28-32-62-54(34-44)56-38-52-50-30-26-46(42-19-11-6-12-20-42)36-58(50)66(3,4)60(52)40-64(56)68(62)48-23-15-8-16-24-48/h5-40H,1-4H3. The molecule has 0 aliphatic heterocycles. The highest BCUT2D eigenvalue weighted by atomic mass is 15.0. The summed E-state index contributed by atoms with van der Waals surface area (Å²) >= 11 is 0. The molecule has 0 unspecified atom stereocenters. The molecular weight excluding hydrogens is 821 g/mol. The van der Waals surface area contributed by atoms with E-state index in [2.05, 4.69) is 255 Å². The second-order valence-corrected chi connectivity index (χ2v) is 20.1. The number of hydrogen-bond donors (Lipinski definition) is 0. The van der Waals surface area contributed by atoms with Gasteiger partial charge in [0.05, 0.1) is 22.1 Å². The van der Waals surface area contributed by atoms with E-state index in [9.17, 15) is 0 Å². The van der Waals surface area contributed by atoms with E-state index in [0.29, 0.717) is 0 Å². The highest BCUT2D eigenvalue weighted by molar-refractivity contribution is 6.15. The van der Waals surface area contributed by atoms with Gasteiger partial charge < -0.3 is 9.13 Å². The molecule has 0 atom stereocenters. The van der Waals surface area contributed by atoms with Gasteiger partial charge in [-0.25, -0.2) is 0 Å². The SMILES string of the molecule is CC1(C)c2cc(-c3ccccc3)ccc2-c2cc3c4cc(-c5ccc6c(c5)c5cc7c(cc5n6-c5ccccc5)C(C)(C)c5cc(-c6ccccc6)ccc5-7)ccc4n(-c4ccccc4)c3cc21. The molecular formula is C66H48N2. The molecule has 0 saturated carbocycles. The minimum atomic E-state index is -0.163. The van der Waals surface area contributed by atoms with E-state index < -0.39 is 0 Å².